The Hall–Kier alpha value is -1.95. The zero-order chi connectivity index (χ0) is 15.8. The van der Waals surface area contributed by atoms with Crippen LogP contribution in [-0.2, 0) is 7.05 Å². The Kier molecular flexibility index (Phi) is 3.77. The van der Waals surface area contributed by atoms with E-state index in [1.165, 1.54) is 29.7 Å². The number of nitrogens with zero attached hydrogens (tertiary/aromatic N) is 3. The van der Waals surface area contributed by atoms with Crippen molar-refractivity contribution < 1.29 is 0 Å². The molecule has 0 atom stereocenters. The van der Waals surface area contributed by atoms with E-state index in [4.69, 9.17) is 4.99 Å². The Morgan fingerprint density at radius 2 is 2.22 bits per heavy atom. The van der Waals surface area contributed by atoms with Crippen LogP contribution in [0.2, 0.25) is 0 Å². The van der Waals surface area contributed by atoms with Crippen LogP contribution >= 0.6 is 11.9 Å². The lowest BCUT2D eigenvalue weighted by atomic mass is 9.86. The number of aryl methyl sites for hydroxylation is 2. The molecule has 1 aromatic carbocycles. The number of aliphatic imine (C=N–C) groups is 1. The first kappa shape index (κ1) is 14.6. The van der Waals surface area contributed by atoms with Crippen LogP contribution in [0.25, 0.3) is 11.1 Å². The lowest BCUT2D eigenvalue weighted by Crippen LogP contribution is -2.31. The second kappa shape index (κ2) is 5.92. The first-order chi connectivity index (χ1) is 11.2. The summed E-state index contributed by atoms with van der Waals surface area (Å²) < 4.78 is 5.18. The van der Waals surface area contributed by atoms with E-state index >= 15 is 0 Å². The van der Waals surface area contributed by atoms with Crippen LogP contribution in [0.3, 0.4) is 0 Å². The topological polar surface area (TPSA) is 54.2 Å². The summed E-state index contributed by atoms with van der Waals surface area (Å²) in [5.74, 6) is 1.64. The zero-order valence-corrected chi connectivity index (χ0v) is 14.3. The van der Waals surface area contributed by atoms with Gasteiger partial charge in [-0.3, -0.25) is 14.4 Å². The highest BCUT2D eigenvalue weighted by Crippen LogP contribution is 2.38. The molecule has 1 fully saturated rings. The van der Waals surface area contributed by atoms with Crippen LogP contribution in [0.15, 0.2) is 34.3 Å². The first-order valence-electron chi connectivity index (χ1n) is 8.08. The van der Waals surface area contributed by atoms with Crippen molar-refractivity contribution in [1.29, 1.82) is 0 Å². The molecule has 2 aromatic rings. The van der Waals surface area contributed by atoms with Gasteiger partial charge in [-0.15, -0.1) is 0 Å². The predicted octanol–water partition coefficient (Wildman–Crippen LogP) is 3.57. The van der Waals surface area contributed by atoms with Gasteiger partial charge in [0.15, 0.2) is 0 Å². The fraction of sp³-hybridized carbons (Fsp3) is 0.412. The highest BCUT2D eigenvalue weighted by Gasteiger charge is 2.21. The molecule has 6 heteroatoms. The van der Waals surface area contributed by atoms with Gasteiger partial charge in [-0.2, -0.15) is 5.10 Å². The van der Waals surface area contributed by atoms with E-state index in [0.29, 0.717) is 0 Å². The van der Waals surface area contributed by atoms with Gasteiger partial charge in [0.25, 0.3) is 0 Å². The second-order valence-corrected chi connectivity index (χ2v) is 7.14. The number of rotatable bonds is 3. The number of hydrogen-bond donors (Lipinski definition) is 2. The van der Waals surface area contributed by atoms with E-state index < -0.39 is 0 Å². The highest BCUT2D eigenvalue weighted by atomic mass is 32.2. The molecule has 1 aliphatic carbocycles. The second-order valence-electron chi connectivity index (χ2n) is 6.30. The summed E-state index contributed by atoms with van der Waals surface area (Å²) >= 11 is 1.63. The molecule has 23 heavy (non-hydrogen) atoms. The van der Waals surface area contributed by atoms with E-state index in [0.717, 1.165) is 35.4 Å². The van der Waals surface area contributed by atoms with Gasteiger partial charge in [-0.05, 0) is 43.7 Å². The minimum absolute atomic E-state index is 0.772. The molecule has 1 saturated carbocycles. The van der Waals surface area contributed by atoms with Crippen molar-refractivity contribution in [3.05, 3.63) is 30.1 Å². The van der Waals surface area contributed by atoms with Gasteiger partial charge in [0.2, 0.25) is 5.96 Å². The summed E-state index contributed by atoms with van der Waals surface area (Å²) in [5, 5.41) is 7.95. The monoisotopic (exact) mass is 327 g/mol. The molecule has 0 unspecified atom stereocenters. The Bertz CT molecular complexity index is 760. The number of anilines is 1. The van der Waals surface area contributed by atoms with Gasteiger partial charge in [0.05, 0.1) is 16.3 Å². The summed E-state index contributed by atoms with van der Waals surface area (Å²) in [6, 6.07) is 6.36. The van der Waals surface area contributed by atoms with Crippen molar-refractivity contribution >= 4 is 23.6 Å². The zero-order valence-electron chi connectivity index (χ0n) is 13.5. The third-order valence-corrected chi connectivity index (χ3v) is 5.42. The first-order valence-corrected chi connectivity index (χ1v) is 8.90. The van der Waals surface area contributed by atoms with Crippen LogP contribution in [0, 0.1) is 12.8 Å². The molecule has 0 bridgehead atoms. The molecule has 0 amide bonds. The summed E-state index contributed by atoms with van der Waals surface area (Å²) in [5.41, 5.74) is 4.51. The molecule has 2 aliphatic rings. The van der Waals surface area contributed by atoms with E-state index in [1.54, 1.807) is 11.9 Å². The molecule has 1 aliphatic heterocycles. The number of fused-ring (bicyclic) bond motifs is 1. The number of aromatic nitrogens is 2. The molecular weight excluding hydrogens is 306 g/mol. The molecule has 120 valence electrons. The van der Waals surface area contributed by atoms with E-state index in [1.807, 2.05) is 11.7 Å². The molecule has 5 nitrogen and oxygen atoms in total. The SMILES string of the molecule is Cc1nn(C)cc1-c1cccc2c1NC(=NCC1CCC1)NS2. The van der Waals surface area contributed by atoms with E-state index in [-0.39, 0.29) is 0 Å². The van der Waals surface area contributed by atoms with Crippen molar-refractivity contribution in [2.75, 3.05) is 11.9 Å². The number of benzene rings is 1. The molecular formula is C17H21N5S. The molecule has 0 saturated heterocycles. The van der Waals surface area contributed by atoms with Crippen molar-refractivity contribution in [3.63, 3.8) is 0 Å². The average molecular weight is 327 g/mol. The molecule has 0 radical (unpaired) electrons. The Balaban J connectivity index is 1.65. The number of para-hydroxylation sites is 1. The van der Waals surface area contributed by atoms with Crippen molar-refractivity contribution in [3.8, 4) is 11.1 Å². The van der Waals surface area contributed by atoms with Gasteiger partial charge < -0.3 is 5.32 Å². The fourth-order valence-electron chi connectivity index (χ4n) is 3.05. The Labute approximate surface area is 140 Å². The smallest absolute Gasteiger partial charge is 0.206 e. The maximum atomic E-state index is 4.72. The van der Waals surface area contributed by atoms with Crippen LogP contribution in [-0.4, -0.2) is 22.3 Å². The minimum Gasteiger partial charge on any atom is -0.324 e. The van der Waals surface area contributed by atoms with Gasteiger partial charge in [0, 0.05) is 30.9 Å². The maximum Gasteiger partial charge on any atom is 0.206 e. The van der Waals surface area contributed by atoms with E-state index in [2.05, 4.69) is 46.5 Å². The highest BCUT2D eigenvalue weighted by molar-refractivity contribution is 7.98. The van der Waals surface area contributed by atoms with E-state index in [9.17, 15) is 0 Å². The summed E-state index contributed by atoms with van der Waals surface area (Å²) in [6.45, 7) is 2.97. The van der Waals surface area contributed by atoms with Crippen LogP contribution in [0.4, 0.5) is 5.69 Å². The average Bonchev–Trinajstić information content (AvgIpc) is 2.83. The van der Waals surface area contributed by atoms with Crippen molar-refractivity contribution in [2.24, 2.45) is 18.0 Å². The molecule has 0 spiro atoms. The van der Waals surface area contributed by atoms with Crippen LogP contribution in [0.5, 0.6) is 0 Å². The summed E-state index contributed by atoms with van der Waals surface area (Å²) in [6.07, 6.45) is 6.07. The number of guanidine groups is 1. The summed E-state index contributed by atoms with van der Waals surface area (Å²) in [4.78, 5) is 5.91. The van der Waals surface area contributed by atoms with Crippen molar-refractivity contribution in [1.82, 2.24) is 14.5 Å². The lowest BCUT2D eigenvalue weighted by Gasteiger charge is -2.26. The third-order valence-electron chi connectivity index (χ3n) is 4.56. The number of hydrogen-bond acceptors (Lipinski definition) is 3. The Morgan fingerprint density at radius 1 is 1.35 bits per heavy atom. The Morgan fingerprint density at radius 3 is 2.91 bits per heavy atom. The fourth-order valence-corrected chi connectivity index (χ4v) is 3.78. The predicted molar refractivity (Wildman–Crippen MR) is 95.6 cm³/mol. The van der Waals surface area contributed by atoms with Gasteiger partial charge in [0.1, 0.15) is 0 Å². The quantitative estimate of drug-likeness (QED) is 0.846. The maximum absolute atomic E-state index is 4.72. The van der Waals surface area contributed by atoms with Crippen LogP contribution < -0.4 is 10.0 Å². The van der Waals surface area contributed by atoms with Gasteiger partial charge in [-0.25, -0.2) is 0 Å². The standard InChI is InChI=1S/C17H21N5S/c1-11-14(10-22(2)20-11)13-7-4-8-15-16(13)19-17(21-23-15)18-9-12-5-3-6-12/h4,7-8,10,12H,3,5-6,9H2,1-2H3,(H2,18,19,21). The lowest BCUT2D eigenvalue weighted by molar-refractivity contribution is 0.326. The molecule has 2 heterocycles. The minimum atomic E-state index is 0.772. The molecule has 4 rings (SSSR count). The largest absolute Gasteiger partial charge is 0.324 e. The van der Waals surface area contributed by atoms with Crippen molar-refractivity contribution in [2.45, 2.75) is 31.1 Å². The molecule has 1 aromatic heterocycles. The van der Waals surface area contributed by atoms with Gasteiger partial charge in [-0.1, -0.05) is 18.6 Å². The summed E-state index contributed by atoms with van der Waals surface area (Å²) in [7, 11) is 1.96. The van der Waals surface area contributed by atoms with Crippen LogP contribution in [0.1, 0.15) is 25.0 Å². The van der Waals surface area contributed by atoms with Gasteiger partial charge >= 0.3 is 0 Å². The molecule has 2 N–H and O–H groups in total. The number of nitrogens with one attached hydrogen (secondary N) is 2. The normalized spacial score (nSPS) is 19.0. The third kappa shape index (κ3) is 2.83.